The molecule has 0 bridgehead atoms. The molecule has 0 atom stereocenters. The second-order valence-electron chi connectivity index (χ2n) is 3.91. The average molecular weight is 307 g/mol. The Hall–Kier alpha value is -2.70. The van der Waals surface area contributed by atoms with E-state index in [1.54, 1.807) is 6.07 Å². The molecule has 0 aliphatic rings. The lowest BCUT2D eigenvalue weighted by molar-refractivity contribution is 0.597. The monoisotopic (exact) mass is 307 g/mol. The number of nitrogens with two attached hydrogens (primary N) is 1. The van der Waals surface area contributed by atoms with Gasteiger partial charge in [0.1, 0.15) is 11.9 Å². The van der Waals surface area contributed by atoms with Gasteiger partial charge in [0, 0.05) is 6.20 Å². The molecule has 7 nitrogen and oxygen atoms in total. The van der Waals surface area contributed by atoms with E-state index in [0.717, 1.165) is 18.2 Å². The summed E-state index contributed by atoms with van der Waals surface area (Å²) in [7, 11) is -4.08. The number of halogens is 1. The maximum Gasteiger partial charge on any atom is 0.281 e. The van der Waals surface area contributed by atoms with Gasteiger partial charge in [-0.25, -0.2) is 9.37 Å². The molecule has 0 spiro atoms. The maximum atomic E-state index is 13.0. The number of hydrogen-bond donors (Lipinski definition) is 3. The van der Waals surface area contributed by atoms with Crippen molar-refractivity contribution in [1.29, 1.82) is 5.26 Å². The van der Waals surface area contributed by atoms with Crippen molar-refractivity contribution >= 4 is 21.4 Å². The molecule has 9 heteroatoms. The lowest BCUT2D eigenvalue weighted by atomic mass is 10.2. The lowest BCUT2D eigenvalue weighted by Crippen LogP contribution is -2.19. The number of rotatable bonds is 4. The van der Waals surface area contributed by atoms with Gasteiger partial charge < -0.3 is 5.43 Å². The van der Waals surface area contributed by atoms with Crippen molar-refractivity contribution in [2.45, 2.75) is 5.03 Å². The molecule has 1 aromatic carbocycles. The van der Waals surface area contributed by atoms with Gasteiger partial charge in [0.2, 0.25) is 5.03 Å². The van der Waals surface area contributed by atoms with Crippen molar-refractivity contribution in [1.82, 2.24) is 4.98 Å². The highest BCUT2D eigenvalue weighted by molar-refractivity contribution is 7.92. The molecule has 21 heavy (non-hydrogen) atoms. The number of hydrazine groups is 1. The average Bonchev–Trinajstić information content (AvgIpc) is 2.48. The van der Waals surface area contributed by atoms with E-state index in [1.807, 2.05) is 0 Å². The molecule has 1 aromatic heterocycles. The summed E-state index contributed by atoms with van der Waals surface area (Å²) in [5.74, 6) is 4.59. The first-order valence-electron chi connectivity index (χ1n) is 5.62. The third kappa shape index (κ3) is 3.07. The van der Waals surface area contributed by atoms with Gasteiger partial charge in [-0.1, -0.05) is 0 Å². The van der Waals surface area contributed by atoms with Gasteiger partial charge in [-0.2, -0.15) is 13.7 Å². The van der Waals surface area contributed by atoms with E-state index in [-0.39, 0.29) is 22.0 Å². The minimum Gasteiger partial charge on any atom is -0.321 e. The SMILES string of the molecule is N#Cc1cc(F)ccc1NS(=O)(=O)c1ncccc1NN. The fourth-order valence-corrected chi connectivity index (χ4v) is 2.79. The van der Waals surface area contributed by atoms with Crippen LogP contribution in [0.5, 0.6) is 0 Å². The number of benzene rings is 1. The molecule has 108 valence electrons. The predicted molar refractivity (Wildman–Crippen MR) is 74.0 cm³/mol. The highest BCUT2D eigenvalue weighted by Gasteiger charge is 2.21. The third-order valence-electron chi connectivity index (χ3n) is 2.53. The second-order valence-corrected chi connectivity index (χ2v) is 5.51. The van der Waals surface area contributed by atoms with Gasteiger partial charge in [-0.15, -0.1) is 0 Å². The fraction of sp³-hybridized carbons (Fsp3) is 0. The van der Waals surface area contributed by atoms with Crippen molar-refractivity contribution in [3.8, 4) is 6.07 Å². The molecule has 0 aliphatic heterocycles. The van der Waals surface area contributed by atoms with Crippen LogP contribution in [0.4, 0.5) is 15.8 Å². The van der Waals surface area contributed by atoms with E-state index in [4.69, 9.17) is 11.1 Å². The highest BCUT2D eigenvalue weighted by atomic mass is 32.2. The van der Waals surface area contributed by atoms with Crippen LogP contribution in [-0.2, 0) is 10.0 Å². The number of nitrogens with one attached hydrogen (secondary N) is 2. The Balaban J connectivity index is 2.46. The van der Waals surface area contributed by atoms with E-state index in [1.165, 1.54) is 18.3 Å². The van der Waals surface area contributed by atoms with Gasteiger partial charge in [-0.3, -0.25) is 10.6 Å². The molecular weight excluding hydrogens is 297 g/mol. The third-order valence-corrected chi connectivity index (χ3v) is 3.85. The Morgan fingerprint density at radius 3 is 2.71 bits per heavy atom. The molecule has 0 saturated heterocycles. The van der Waals surface area contributed by atoms with Crippen LogP contribution in [0, 0.1) is 17.1 Å². The predicted octanol–water partition coefficient (Wildman–Crippen LogP) is 1.18. The minimum atomic E-state index is -4.08. The Morgan fingerprint density at radius 2 is 2.05 bits per heavy atom. The van der Waals surface area contributed by atoms with Crippen LogP contribution in [0.2, 0.25) is 0 Å². The molecule has 0 fully saturated rings. The van der Waals surface area contributed by atoms with Gasteiger partial charge in [0.25, 0.3) is 10.0 Å². The topological polar surface area (TPSA) is 121 Å². The van der Waals surface area contributed by atoms with Crippen LogP contribution in [-0.4, -0.2) is 13.4 Å². The number of nitrogen functional groups attached to an aromatic ring is 1. The molecule has 0 saturated carbocycles. The molecule has 2 aromatic rings. The first-order valence-corrected chi connectivity index (χ1v) is 7.10. The van der Waals surface area contributed by atoms with Crippen molar-refractivity contribution in [2.75, 3.05) is 10.1 Å². The zero-order valence-electron chi connectivity index (χ0n) is 10.5. The van der Waals surface area contributed by atoms with Crippen LogP contribution in [0.15, 0.2) is 41.6 Å². The van der Waals surface area contributed by atoms with Crippen LogP contribution in [0.1, 0.15) is 5.56 Å². The van der Waals surface area contributed by atoms with E-state index >= 15 is 0 Å². The number of aromatic nitrogens is 1. The van der Waals surface area contributed by atoms with E-state index in [2.05, 4.69) is 15.1 Å². The minimum absolute atomic E-state index is 0.0486. The molecule has 4 N–H and O–H groups in total. The summed E-state index contributed by atoms with van der Waals surface area (Å²) in [6, 6.07) is 7.77. The Kier molecular flexibility index (Phi) is 4.02. The van der Waals surface area contributed by atoms with E-state index in [9.17, 15) is 12.8 Å². The summed E-state index contributed by atoms with van der Waals surface area (Å²) in [5, 5.41) is 8.58. The summed E-state index contributed by atoms with van der Waals surface area (Å²) >= 11 is 0. The largest absolute Gasteiger partial charge is 0.321 e. The van der Waals surface area contributed by atoms with Crippen LogP contribution >= 0.6 is 0 Å². The second kappa shape index (κ2) is 5.74. The molecular formula is C12H10FN5O2S. The lowest BCUT2D eigenvalue weighted by Gasteiger charge is -2.11. The van der Waals surface area contributed by atoms with Gasteiger partial charge in [-0.05, 0) is 30.3 Å². The van der Waals surface area contributed by atoms with Gasteiger partial charge in [0.05, 0.1) is 16.9 Å². The quantitative estimate of drug-likeness (QED) is 0.576. The summed E-state index contributed by atoms with van der Waals surface area (Å²) < 4.78 is 39.7. The first-order chi connectivity index (χ1) is 9.97. The zero-order valence-corrected chi connectivity index (χ0v) is 11.4. The molecule has 2 rings (SSSR count). The Bertz CT molecular complexity index is 817. The summed E-state index contributed by atoms with van der Waals surface area (Å²) in [6.07, 6.45) is 1.28. The maximum absolute atomic E-state index is 13.0. The number of sulfonamides is 1. The van der Waals surface area contributed by atoms with Crippen LogP contribution in [0.25, 0.3) is 0 Å². The number of anilines is 2. The van der Waals surface area contributed by atoms with Crippen molar-refractivity contribution in [3.63, 3.8) is 0 Å². The highest BCUT2D eigenvalue weighted by Crippen LogP contribution is 2.23. The molecule has 0 unspecified atom stereocenters. The van der Waals surface area contributed by atoms with Crippen molar-refractivity contribution in [3.05, 3.63) is 47.9 Å². The summed E-state index contributed by atoms with van der Waals surface area (Å²) in [4.78, 5) is 3.74. The number of hydrogen-bond acceptors (Lipinski definition) is 6. The number of pyridine rings is 1. The van der Waals surface area contributed by atoms with Gasteiger partial charge >= 0.3 is 0 Å². The zero-order chi connectivity index (χ0) is 15.5. The summed E-state index contributed by atoms with van der Waals surface area (Å²) in [6.45, 7) is 0. The first kappa shape index (κ1) is 14.7. The smallest absolute Gasteiger partial charge is 0.281 e. The Morgan fingerprint density at radius 1 is 1.29 bits per heavy atom. The molecule has 1 heterocycles. The molecule has 0 aliphatic carbocycles. The summed E-state index contributed by atoms with van der Waals surface area (Å²) in [5.41, 5.74) is 2.12. The normalized spacial score (nSPS) is 10.7. The van der Waals surface area contributed by atoms with E-state index < -0.39 is 15.8 Å². The molecule has 0 radical (unpaired) electrons. The Labute approximate surface area is 120 Å². The number of nitriles is 1. The fourth-order valence-electron chi connectivity index (χ4n) is 1.61. The van der Waals surface area contributed by atoms with E-state index in [0.29, 0.717) is 0 Å². The van der Waals surface area contributed by atoms with Crippen molar-refractivity contribution in [2.24, 2.45) is 5.84 Å². The van der Waals surface area contributed by atoms with Crippen LogP contribution < -0.4 is 16.0 Å². The molecule has 0 amide bonds. The van der Waals surface area contributed by atoms with Crippen LogP contribution in [0.3, 0.4) is 0 Å². The number of nitrogens with zero attached hydrogens (tertiary/aromatic N) is 2. The van der Waals surface area contributed by atoms with Crippen molar-refractivity contribution < 1.29 is 12.8 Å². The standard InChI is InChI=1S/C12H10FN5O2S/c13-9-3-4-10(8(6-9)7-14)18-21(19,20)12-11(17-15)2-1-5-16-12/h1-6,17-18H,15H2. The van der Waals surface area contributed by atoms with Gasteiger partial charge in [0.15, 0.2) is 0 Å².